The zero-order valence-corrected chi connectivity index (χ0v) is 16.1. The van der Waals surface area contributed by atoms with Crippen molar-refractivity contribution in [2.24, 2.45) is 0 Å². The van der Waals surface area contributed by atoms with Crippen LogP contribution in [-0.4, -0.2) is 31.0 Å². The number of benzene rings is 1. The van der Waals surface area contributed by atoms with E-state index < -0.39 is 21.7 Å². The molecule has 6 heteroatoms. The number of unbranched alkanes of at least 4 members (excludes halogenated alkanes) is 3. The lowest BCUT2D eigenvalue weighted by atomic mass is 10.2. The van der Waals surface area contributed by atoms with Gasteiger partial charge in [0.2, 0.25) is 0 Å². The van der Waals surface area contributed by atoms with Crippen molar-refractivity contribution < 1.29 is 17.9 Å². The molecule has 0 radical (unpaired) electrons. The lowest BCUT2D eigenvalue weighted by Gasteiger charge is -2.27. The molecule has 0 bridgehead atoms. The molecule has 24 heavy (non-hydrogen) atoms. The standard InChI is InChI=1S/C18H29NO4S/c1-6-7-8-11-14-19(17(20)23-18(3,4)5)24(21,22)16-13-10-9-12-15(16)2/h9-10,12-13H,6-8,11,14H2,1-5H3. The minimum absolute atomic E-state index is 0.131. The molecule has 0 atom stereocenters. The van der Waals surface area contributed by atoms with Crippen molar-refractivity contribution >= 4 is 16.1 Å². The Morgan fingerprint density at radius 1 is 1.12 bits per heavy atom. The quantitative estimate of drug-likeness (QED) is 0.676. The average Bonchev–Trinajstić information content (AvgIpc) is 2.45. The Morgan fingerprint density at radius 3 is 2.29 bits per heavy atom. The lowest BCUT2D eigenvalue weighted by molar-refractivity contribution is 0.0389. The van der Waals surface area contributed by atoms with Gasteiger partial charge in [0.1, 0.15) is 5.60 Å². The summed E-state index contributed by atoms with van der Waals surface area (Å²) in [6.45, 7) is 9.10. The Bertz CT molecular complexity index is 647. The van der Waals surface area contributed by atoms with Gasteiger partial charge in [-0.25, -0.2) is 17.5 Å². The molecule has 1 aromatic carbocycles. The number of ether oxygens (including phenoxy) is 1. The molecule has 0 heterocycles. The molecule has 0 aliphatic carbocycles. The molecule has 0 aliphatic heterocycles. The highest BCUT2D eigenvalue weighted by Crippen LogP contribution is 2.22. The monoisotopic (exact) mass is 355 g/mol. The largest absolute Gasteiger partial charge is 0.443 e. The van der Waals surface area contributed by atoms with E-state index in [0.717, 1.165) is 23.6 Å². The minimum Gasteiger partial charge on any atom is -0.443 e. The number of hydrogen-bond donors (Lipinski definition) is 0. The third-order valence-electron chi connectivity index (χ3n) is 3.47. The highest BCUT2D eigenvalue weighted by molar-refractivity contribution is 7.89. The maximum Gasteiger partial charge on any atom is 0.424 e. The molecule has 0 N–H and O–H groups in total. The smallest absolute Gasteiger partial charge is 0.424 e. The zero-order valence-electron chi connectivity index (χ0n) is 15.3. The summed E-state index contributed by atoms with van der Waals surface area (Å²) in [7, 11) is -3.93. The van der Waals surface area contributed by atoms with Crippen molar-refractivity contribution in [2.45, 2.75) is 70.8 Å². The van der Waals surface area contributed by atoms with E-state index in [0.29, 0.717) is 12.0 Å². The van der Waals surface area contributed by atoms with Gasteiger partial charge in [0.05, 0.1) is 4.90 Å². The maximum absolute atomic E-state index is 13.0. The summed E-state index contributed by atoms with van der Waals surface area (Å²) in [6, 6.07) is 6.67. The molecule has 1 aromatic rings. The first-order chi connectivity index (χ1) is 11.1. The molecule has 0 unspecified atom stereocenters. The van der Waals surface area contributed by atoms with E-state index in [4.69, 9.17) is 4.74 Å². The Kier molecular flexibility index (Phi) is 7.27. The second-order valence-electron chi connectivity index (χ2n) is 6.88. The van der Waals surface area contributed by atoms with E-state index in [9.17, 15) is 13.2 Å². The van der Waals surface area contributed by atoms with Gasteiger partial charge in [0.25, 0.3) is 10.0 Å². The van der Waals surface area contributed by atoms with Gasteiger partial charge < -0.3 is 4.74 Å². The van der Waals surface area contributed by atoms with Crippen molar-refractivity contribution in [3.05, 3.63) is 29.8 Å². The van der Waals surface area contributed by atoms with E-state index in [1.165, 1.54) is 6.07 Å². The van der Waals surface area contributed by atoms with Crippen molar-refractivity contribution in [1.29, 1.82) is 0 Å². The summed E-state index contributed by atoms with van der Waals surface area (Å²) in [5, 5.41) is 0. The van der Waals surface area contributed by atoms with Gasteiger partial charge in [-0.2, -0.15) is 0 Å². The fourth-order valence-electron chi connectivity index (χ4n) is 2.27. The topological polar surface area (TPSA) is 63.7 Å². The number of hydrogen-bond acceptors (Lipinski definition) is 4. The molecule has 0 aromatic heterocycles. The molecule has 5 nitrogen and oxygen atoms in total. The Balaban J connectivity index is 3.11. The Hall–Kier alpha value is -1.56. The van der Waals surface area contributed by atoms with Gasteiger partial charge in [-0.1, -0.05) is 44.4 Å². The van der Waals surface area contributed by atoms with Crippen LogP contribution in [0.3, 0.4) is 0 Å². The summed E-state index contributed by atoms with van der Waals surface area (Å²) < 4.78 is 32.1. The van der Waals surface area contributed by atoms with Gasteiger partial charge in [0.15, 0.2) is 0 Å². The van der Waals surface area contributed by atoms with E-state index >= 15 is 0 Å². The predicted octanol–water partition coefficient (Wildman–Crippen LogP) is 4.50. The molecule has 0 aliphatic rings. The second kappa shape index (κ2) is 8.51. The van der Waals surface area contributed by atoms with Gasteiger partial charge >= 0.3 is 6.09 Å². The number of aryl methyl sites for hydroxylation is 1. The van der Waals surface area contributed by atoms with E-state index in [-0.39, 0.29) is 11.4 Å². The normalized spacial score (nSPS) is 12.0. The number of carbonyl (C=O) groups excluding carboxylic acids is 1. The van der Waals surface area contributed by atoms with Crippen LogP contribution in [0.5, 0.6) is 0 Å². The number of amides is 1. The third-order valence-corrected chi connectivity index (χ3v) is 5.40. The van der Waals surface area contributed by atoms with Crippen LogP contribution in [0.25, 0.3) is 0 Å². The van der Waals surface area contributed by atoms with Crippen molar-refractivity contribution in [3.63, 3.8) is 0 Å². The van der Waals surface area contributed by atoms with Gasteiger partial charge in [-0.05, 0) is 45.7 Å². The molecular weight excluding hydrogens is 326 g/mol. The van der Waals surface area contributed by atoms with Crippen LogP contribution in [0.4, 0.5) is 4.79 Å². The summed E-state index contributed by atoms with van der Waals surface area (Å²) in [5.41, 5.74) is -0.139. The van der Waals surface area contributed by atoms with E-state index in [1.54, 1.807) is 45.9 Å². The van der Waals surface area contributed by atoms with Crippen LogP contribution < -0.4 is 0 Å². The van der Waals surface area contributed by atoms with Crippen molar-refractivity contribution in [3.8, 4) is 0 Å². The van der Waals surface area contributed by atoms with Crippen LogP contribution in [0.1, 0.15) is 58.9 Å². The van der Waals surface area contributed by atoms with Gasteiger partial charge in [-0.3, -0.25) is 0 Å². The van der Waals surface area contributed by atoms with Crippen LogP contribution >= 0.6 is 0 Å². The van der Waals surface area contributed by atoms with Crippen LogP contribution in [-0.2, 0) is 14.8 Å². The maximum atomic E-state index is 13.0. The van der Waals surface area contributed by atoms with Crippen LogP contribution in [0, 0.1) is 6.92 Å². The Morgan fingerprint density at radius 2 is 1.75 bits per heavy atom. The fourth-order valence-corrected chi connectivity index (χ4v) is 3.84. The first-order valence-corrected chi connectivity index (χ1v) is 9.85. The molecule has 1 rings (SSSR count). The number of nitrogens with zero attached hydrogens (tertiary/aromatic N) is 1. The first kappa shape index (κ1) is 20.5. The fraction of sp³-hybridized carbons (Fsp3) is 0.611. The van der Waals surface area contributed by atoms with Crippen LogP contribution in [0.2, 0.25) is 0 Å². The molecule has 0 fully saturated rings. The van der Waals surface area contributed by atoms with E-state index in [1.807, 2.05) is 0 Å². The molecule has 136 valence electrons. The third kappa shape index (κ3) is 5.82. The molecule has 0 saturated carbocycles. The second-order valence-corrected chi connectivity index (χ2v) is 8.71. The average molecular weight is 356 g/mol. The highest BCUT2D eigenvalue weighted by atomic mass is 32.2. The lowest BCUT2D eigenvalue weighted by Crippen LogP contribution is -2.41. The molecule has 1 amide bonds. The molecule has 0 spiro atoms. The molecule has 0 saturated heterocycles. The number of sulfonamides is 1. The highest BCUT2D eigenvalue weighted by Gasteiger charge is 2.33. The summed E-state index contributed by atoms with van der Waals surface area (Å²) in [5.74, 6) is 0. The van der Waals surface area contributed by atoms with Crippen LogP contribution in [0.15, 0.2) is 29.2 Å². The van der Waals surface area contributed by atoms with Crippen molar-refractivity contribution in [1.82, 2.24) is 4.31 Å². The van der Waals surface area contributed by atoms with Crippen molar-refractivity contribution in [2.75, 3.05) is 6.54 Å². The summed E-state index contributed by atoms with van der Waals surface area (Å²) >= 11 is 0. The van der Waals surface area contributed by atoms with Gasteiger partial charge in [0, 0.05) is 6.54 Å². The summed E-state index contributed by atoms with van der Waals surface area (Å²) in [6.07, 6.45) is 2.73. The zero-order chi connectivity index (χ0) is 18.4. The van der Waals surface area contributed by atoms with Gasteiger partial charge in [-0.15, -0.1) is 0 Å². The minimum atomic E-state index is -3.93. The predicted molar refractivity (Wildman–Crippen MR) is 95.4 cm³/mol. The Labute approximate surface area is 146 Å². The number of rotatable bonds is 7. The summed E-state index contributed by atoms with van der Waals surface area (Å²) in [4.78, 5) is 12.6. The molecular formula is C18H29NO4S. The number of carbonyl (C=O) groups is 1. The van der Waals surface area contributed by atoms with E-state index in [2.05, 4.69) is 6.92 Å². The SMILES string of the molecule is CCCCCCN(C(=O)OC(C)(C)C)S(=O)(=O)c1ccccc1C. The first-order valence-electron chi connectivity index (χ1n) is 8.41.